The SMILES string of the molecule is COc1ccc(C(OC[C@H]2C[C@@H](n3cnc4c(NC(=O)c5ccccc5)ncnc43)[C@H](O)[C@@H]2O[Si](C)(C)C(C)(C)C)(c2ccccc2)c2ccc(C)cc2)cc1.COc1ccc(C(OC[C@H]2C[C@@H](n3cnc4c(NC(=O)c5ccccc5)ncnc43)[C@H](O[Si](C)(C)C(C)(C)C)[C@@H]2O)(c2ccccc2)c2ccc(C)cc2)cc1. The topological polar surface area (TPSA) is 241 Å². The molecule has 12 aromatic rings. The van der Waals surface area contributed by atoms with Gasteiger partial charge in [-0.25, -0.2) is 29.9 Å². The first kappa shape index (κ1) is 79.7. The summed E-state index contributed by atoms with van der Waals surface area (Å²) < 4.78 is 44.0. The summed E-state index contributed by atoms with van der Waals surface area (Å²) >= 11 is 0. The Morgan fingerprint density at radius 1 is 0.429 bits per heavy atom. The quantitative estimate of drug-likeness (QED) is 0.0325. The Balaban J connectivity index is 0.000000196. The van der Waals surface area contributed by atoms with Crippen LogP contribution in [0.1, 0.15) is 132 Å². The van der Waals surface area contributed by atoms with E-state index in [1.54, 1.807) is 51.1 Å². The van der Waals surface area contributed by atoms with Gasteiger partial charge in [-0.05, 0) is 145 Å². The van der Waals surface area contributed by atoms with E-state index in [9.17, 15) is 19.8 Å². The number of amides is 2. The number of hydrogen-bond donors (Lipinski definition) is 4. The molecule has 0 aliphatic heterocycles. The van der Waals surface area contributed by atoms with E-state index in [0.29, 0.717) is 57.9 Å². The highest BCUT2D eigenvalue weighted by atomic mass is 28.4. The second-order valence-corrected chi connectivity index (χ2v) is 41.9. The lowest BCUT2D eigenvalue weighted by atomic mass is 9.79. The molecular formula is C90H102N10O10Si2. The first-order chi connectivity index (χ1) is 53.6. The van der Waals surface area contributed by atoms with Gasteiger partial charge in [0.25, 0.3) is 11.8 Å². The predicted molar refractivity (Wildman–Crippen MR) is 443 cm³/mol. The fraction of sp³-hybridized carbons (Fsp3) is 0.333. The molecule has 2 aliphatic carbocycles. The number of rotatable bonds is 24. The van der Waals surface area contributed by atoms with Crippen LogP contribution in [-0.4, -0.2) is 130 Å². The van der Waals surface area contributed by atoms with Crippen molar-refractivity contribution in [3.8, 4) is 11.5 Å². The Hall–Kier alpha value is -10.4. The molecule has 112 heavy (non-hydrogen) atoms. The Labute approximate surface area is 658 Å². The highest BCUT2D eigenvalue weighted by molar-refractivity contribution is 6.74. The average Bonchev–Trinajstić information content (AvgIpc) is 1.24. The number of carbonyl (C=O) groups excluding carboxylic acids is 2. The first-order valence-electron chi connectivity index (χ1n) is 38.3. The largest absolute Gasteiger partial charge is 0.497 e. The number of anilines is 2. The maximum absolute atomic E-state index is 13.1. The summed E-state index contributed by atoms with van der Waals surface area (Å²) in [4.78, 5) is 53.7. The van der Waals surface area contributed by atoms with Gasteiger partial charge in [0, 0.05) is 23.0 Å². The summed E-state index contributed by atoms with van der Waals surface area (Å²) in [6.45, 7) is 26.7. The number of aromatic nitrogens is 8. The molecule has 2 amide bonds. The Morgan fingerprint density at radius 2 is 0.768 bits per heavy atom. The normalized spacial score (nSPS) is 19.8. The zero-order valence-corrected chi connectivity index (χ0v) is 68.3. The summed E-state index contributed by atoms with van der Waals surface area (Å²) in [7, 11) is -1.47. The molecule has 4 N–H and O–H groups in total. The zero-order chi connectivity index (χ0) is 79.3. The third kappa shape index (κ3) is 16.3. The smallest absolute Gasteiger partial charge is 0.256 e. The number of methoxy groups -OCH3 is 2. The molecule has 8 aromatic carbocycles. The first-order valence-corrected chi connectivity index (χ1v) is 44.1. The number of nitrogens with zero attached hydrogens (tertiary/aromatic N) is 8. The third-order valence-electron chi connectivity index (χ3n) is 23.2. The summed E-state index contributed by atoms with van der Waals surface area (Å²) in [6.07, 6.45) is 4.41. The fourth-order valence-electron chi connectivity index (χ4n) is 14.8. The van der Waals surface area contributed by atoms with Gasteiger partial charge >= 0.3 is 0 Å². The summed E-state index contributed by atoms with van der Waals surface area (Å²) in [5.74, 6) is 0.989. The van der Waals surface area contributed by atoms with Gasteiger partial charge in [0.1, 0.15) is 41.5 Å². The number of aliphatic hydroxyl groups excluding tert-OH is 2. The van der Waals surface area contributed by atoms with Crippen molar-refractivity contribution in [1.29, 1.82) is 0 Å². The van der Waals surface area contributed by atoms with Crippen molar-refractivity contribution in [3.05, 3.63) is 299 Å². The lowest BCUT2D eigenvalue weighted by Crippen LogP contribution is -2.49. The number of ether oxygens (including phenoxy) is 4. The van der Waals surface area contributed by atoms with Crippen LogP contribution in [0, 0.1) is 25.7 Å². The summed E-state index contributed by atoms with van der Waals surface area (Å²) in [5, 5.41) is 30.4. The molecule has 0 spiro atoms. The lowest BCUT2D eigenvalue weighted by molar-refractivity contribution is -0.0470. The Morgan fingerprint density at radius 3 is 1.15 bits per heavy atom. The molecule has 14 rings (SSSR count). The van der Waals surface area contributed by atoms with Gasteiger partial charge in [0.05, 0.1) is 70.5 Å². The molecule has 2 aliphatic rings. The van der Waals surface area contributed by atoms with Crippen LogP contribution in [0.5, 0.6) is 11.5 Å². The number of imidazole rings is 2. The van der Waals surface area contributed by atoms with Crippen LogP contribution in [-0.2, 0) is 29.5 Å². The van der Waals surface area contributed by atoms with Crippen LogP contribution in [0.15, 0.2) is 244 Å². The highest BCUT2D eigenvalue weighted by Gasteiger charge is 2.53. The number of aryl methyl sites for hydroxylation is 2. The van der Waals surface area contributed by atoms with Gasteiger partial charge in [0.15, 0.2) is 50.6 Å². The van der Waals surface area contributed by atoms with Crippen LogP contribution < -0.4 is 20.1 Å². The number of fused-ring (bicyclic) bond motifs is 2. The molecule has 2 saturated carbocycles. The summed E-state index contributed by atoms with van der Waals surface area (Å²) in [6, 6.07) is 70.7. The number of carbonyl (C=O) groups is 2. The molecule has 10 atom stereocenters. The third-order valence-corrected chi connectivity index (χ3v) is 32.2. The van der Waals surface area contributed by atoms with E-state index in [2.05, 4.69) is 214 Å². The minimum Gasteiger partial charge on any atom is -0.497 e. The Kier molecular flexibility index (Phi) is 23.6. The monoisotopic (exact) mass is 1540 g/mol. The molecule has 4 heterocycles. The molecule has 2 fully saturated rings. The second-order valence-electron chi connectivity index (χ2n) is 32.4. The van der Waals surface area contributed by atoms with E-state index in [0.717, 1.165) is 56.0 Å². The van der Waals surface area contributed by atoms with Crippen molar-refractivity contribution < 1.29 is 47.6 Å². The van der Waals surface area contributed by atoms with Gasteiger partial charge in [-0.3, -0.25) is 9.59 Å². The minimum absolute atomic E-state index is 0.101. The van der Waals surface area contributed by atoms with Gasteiger partial charge in [0.2, 0.25) is 0 Å². The second kappa shape index (κ2) is 33.1. The van der Waals surface area contributed by atoms with E-state index in [1.807, 2.05) is 106 Å². The molecule has 20 nitrogen and oxygen atoms in total. The molecule has 0 bridgehead atoms. The van der Waals surface area contributed by atoms with Crippen molar-refractivity contribution in [2.24, 2.45) is 11.8 Å². The zero-order valence-electron chi connectivity index (χ0n) is 66.3. The molecule has 580 valence electrons. The van der Waals surface area contributed by atoms with Crippen LogP contribution in [0.25, 0.3) is 22.3 Å². The molecule has 2 unspecified atom stereocenters. The van der Waals surface area contributed by atoms with Crippen LogP contribution in [0.2, 0.25) is 36.3 Å². The van der Waals surface area contributed by atoms with Gasteiger partial charge in [-0.2, -0.15) is 0 Å². The molecule has 22 heteroatoms. The van der Waals surface area contributed by atoms with Crippen LogP contribution in [0.3, 0.4) is 0 Å². The highest BCUT2D eigenvalue weighted by Crippen LogP contribution is 2.51. The Bertz CT molecular complexity index is 5170. The number of benzene rings is 8. The maximum Gasteiger partial charge on any atom is 0.256 e. The van der Waals surface area contributed by atoms with E-state index < -0.39 is 58.3 Å². The van der Waals surface area contributed by atoms with Crippen molar-refractivity contribution in [1.82, 2.24) is 39.0 Å². The standard InChI is InChI=1S/2C45H51N5O5Si/c1-30-18-20-34(21-19-30)45(33-16-12-9-13-17-33,35-22-24-36(53-5)25-23-35)54-27-32-26-37(39(51)40(32)55-56(6,7)44(2,3)4)50-29-48-38-41(46-28-47-42(38)50)49-43(52)31-14-10-8-11-15-31;1-30-18-20-34(21-19-30)45(33-16-12-9-13-17-33,35-22-24-36(53-5)25-23-35)54-27-32-26-37(40(39(32)51)55-56(6,7)44(2,3)4)50-29-48-38-41(46-28-47-42(38)50)49-43(52)31-14-10-8-11-15-31/h2*8-25,28-29,32,37,39-40,51H,26-27H2,1-7H3,(H,46,47,49,52)/t32-,37-,39+,40-,45?;32-,37-,39-,40+,45?/m11/s1. The van der Waals surface area contributed by atoms with Crippen molar-refractivity contribution >= 4 is 62.4 Å². The molecule has 0 radical (unpaired) electrons. The molecule has 4 aromatic heterocycles. The number of aliphatic hydroxyl groups is 2. The van der Waals surface area contributed by atoms with Crippen molar-refractivity contribution in [2.45, 2.75) is 152 Å². The van der Waals surface area contributed by atoms with Crippen LogP contribution in [0.4, 0.5) is 11.6 Å². The summed E-state index contributed by atoms with van der Waals surface area (Å²) in [5.41, 5.74) is 9.05. The van der Waals surface area contributed by atoms with Gasteiger partial charge < -0.3 is 57.8 Å². The average molecular weight is 1540 g/mol. The molecular weight excluding hydrogens is 1440 g/mol. The van der Waals surface area contributed by atoms with Gasteiger partial charge in [-0.15, -0.1) is 0 Å². The lowest BCUT2D eigenvalue weighted by Gasteiger charge is -2.41. The predicted octanol–water partition coefficient (Wildman–Crippen LogP) is 17.4. The van der Waals surface area contributed by atoms with Gasteiger partial charge in [-0.1, -0.05) is 223 Å². The van der Waals surface area contributed by atoms with Crippen molar-refractivity contribution in [2.75, 3.05) is 38.1 Å². The van der Waals surface area contributed by atoms with E-state index in [4.69, 9.17) is 32.8 Å². The maximum atomic E-state index is 13.1. The van der Waals surface area contributed by atoms with Crippen molar-refractivity contribution in [3.63, 3.8) is 0 Å². The van der Waals surface area contributed by atoms with Crippen LogP contribution >= 0.6 is 0 Å². The number of nitrogens with one attached hydrogen (secondary N) is 2. The van der Waals surface area contributed by atoms with E-state index >= 15 is 0 Å². The minimum atomic E-state index is -2.40. The number of hydrogen-bond acceptors (Lipinski definition) is 16. The fourth-order valence-corrected chi connectivity index (χ4v) is 17.5. The van der Waals surface area contributed by atoms with E-state index in [-0.39, 0.29) is 53.0 Å². The van der Waals surface area contributed by atoms with E-state index in [1.165, 1.54) is 12.7 Å². The molecule has 0 saturated heterocycles.